The summed E-state index contributed by atoms with van der Waals surface area (Å²) in [6.45, 7) is 1.85. The largest absolute Gasteiger partial charge is 0.256 e. The standard InChI is InChI=1S/C76H45F6N3/c1-44-31-76(65-29-24-54(80)39-73(65)82)85-42-70(44)63-27-22-52(78)37-67(63)50-33-48(32-49(34-50)66-36-51(77)21-26-56(66)47-20-30-74(83-41-47)64-28-23-53(79)38-72(64)81)55-13-5-6-14-57(55)71-43-84-75(45-11-3-2-4-12-45)40-68(71)46-19-25-62-60-17-8-7-15-58(60)59-16-9-10-18-61(59)69(62)35-46/h2-43H,1H3. The van der Waals surface area contributed by atoms with Crippen molar-refractivity contribution in [1.29, 1.82) is 0 Å². The highest BCUT2D eigenvalue weighted by atomic mass is 19.2. The molecule has 14 rings (SSSR count). The van der Waals surface area contributed by atoms with Crippen LogP contribution in [-0.4, -0.2) is 15.0 Å². The quantitative estimate of drug-likeness (QED) is 0.101. The van der Waals surface area contributed by atoms with Gasteiger partial charge in [-0.15, -0.1) is 0 Å². The summed E-state index contributed by atoms with van der Waals surface area (Å²) >= 11 is 0. The number of rotatable bonds is 10. The van der Waals surface area contributed by atoms with Crippen LogP contribution in [0.15, 0.2) is 255 Å². The Bertz CT molecular complexity index is 4950. The zero-order chi connectivity index (χ0) is 57.9. The molecule has 14 aromatic rings. The van der Waals surface area contributed by atoms with Crippen molar-refractivity contribution in [2.24, 2.45) is 0 Å². The summed E-state index contributed by atoms with van der Waals surface area (Å²) in [5, 5.41) is 6.86. The van der Waals surface area contributed by atoms with E-state index in [0.717, 1.165) is 78.1 Å². The molecule has 11 aromatic carbocycles. The summed E-state index contributed by atoms with van der Waals surface area (Å²) in [4.78, 5) is 14.4. The third kappa shape index (κ3) is 9.75. The summed E-state index contributed by atoms with van der Waals surface area (Å²) in [5.41, 5.74) is 12.9. The van der Waals surface area contributed by atoms with Crippen LogP contribution >= 0.6 is 0 Å². The molecule has 0 spiro atoms. The van der Waals surface area contributed by atoms with Gasteiger partial charge >= 0.3 is 0 Å². The van der Waals surface area contributed by atoms with Crippen molar-refractivity contribution in [2.75, 3.05) is 0 Å². The zero-order valence-corrected chi connectivity index (χ0v) is 45.4. The second kappa shape index (κ2) is 21.5. The van der Waals surface area contributed by atoms with Crippen LogP contribution in [0.2, 0.25) is 0 Å². The molecular weight excluding hydrogens is 1070 g/mol. The van der Waals surface area contributed by atoms with Gasteiger partial charge in [-0.3, -0.25) is 15.0 Å². The minimum atomic E-state index is -0.762. The van der Waals surface area contributed by atoms with E-state index in [1.807, 2.05) is 79.9 Å². The van der Waals surface area contributed by atoms with Gasteiger partial charge in [-0.05, 0) is 197 Å². The Balaban J connectivity index is 0.987. The van der Waals surface area contributed by atoms with Gasteiger partial charge in [0.05, 0.1) is 17.1 Å². The van der Waals surface area contributed by atoms with Gasteiger partial charge in [0, 0.05) is 64.1 Å². The molecular formula is C76H45F6N3. The van der Waals surface area contributed by atoms with Gasteiger partial charge in [-0.2, -0.15) is 0 Å². The van der Waals surface area contributed by atoms with E-state index in [1.54, 1.807) is 42.7 Å². The lowest BCUT2D eigenvalue weighted by molar-refractivity contribution is 0.584. The molecule has 3 nitrogen and oxygen atoms in total. The van der Waals surface area contributed by atoms with Crippen LogP contribution in [0.4, 0.5) is 26.3 Å². The number of hydrogen-bond donors (Lipinski definition) is 0. The number of benzene rings is 11. The Morgan fingerprint density at radius 3 is 1.26 bits per heavy atom. The van der Waals surface area contributed by atoms with Crippen molar-refractivity contribution in [1.82, 2.24) is 15.0 Å². The molecule has 0 aliphatic rings. The SMILES string of the molecule is Cc1cc(-c2ccc(F)cc2F)ncc1-c1ccc(F)cc1-c1cc(-c2cc(F)ccc2-c2ccc(-c3ccc(F)cc3F)nc2)cc(-c2ccccc2-c2cnc(-c3ccccc3)cc2-c2ccc3c4ccccc4c4ccccc4c3c2)c1. The average molecular weight is 1110 g/mol. The second-order valence-electron chi connectivity index (χ2n) is 21.1. The van der Waals surface area contributed by atoms with Crippen molar-refractivity contribution >= 4 is 32.3 Å². The lowest BCUT2D eigenvalue weighted by atomic mass is 9.85. The van der Waals surface area contributed by atoms with Crippen molar-refractivity contribution in [3.63, 3.8) is 0 Å². The zero-order valence-electron chi connectivity index (χ0n) is 45.4. The smallest absolute Gasteiger partial charge is 0.135 e. The summed E-state index contributed by atoms with van der Waals surface area (Å²) < 4.78 is 90.4. The van der Waals surface area contributed by atoms with Crippen LogP contribution in [0, 0.1) is 41.8 Å². The summed E-state index contributed by atoms with van der Waals surface area (Å²) in [6, 6.07) is 70.5. The van der Waals surface area contributed by atoms with Crippen molar-refractivity contribution < 1.29 is 26.3 Å². The molecule has 0 unspecified atom stereocenters. The lowest BCUT2D eigenvalue weighted by Crippen LogP contribution is -1.96. The van der Waals surface area contributed by atoms with E-state index >= 15 is 17.6 Å². The molecule has 406 valence electrons. The first-order valence-electron chi connectivity index (χ1n) is 27.6. The highest BCUT2D eigenvalue weighted by molar-refractivity contribution is 6.26. The van der Waals surface area contributed by atoms with Gasteiger partial charge in [0.2, 0.25) is 0 Å². The van der Waals surface area contributed by atoms with Crippen LogP contribution in [0.25, 0.3) is 144 Å². The Morgan fingerprint density at radius 2 is 0.659 bits per heavy atom. The molecule has 85 heavy (non-hydrogen) atoms. The maximum absolute atomic E-state index is 16.1. The number of pyridine rings is 3. The summed E-state index contributed by atoms with van der Waals surface area (Å²) in [7, 11) is 0. The van der Waals surface area contributed by atoms with E-state index in [0.29, 0.717) is 61.3 Å². The molecule has 0 saturated heterocycles. The third-order valence-electron chi connectivity index (χ3n) is 16.0. The molecule has 9 heteroatoms. The molecule has 0 atom stereocenters. The topological polar surface area (TPSA) is 38.7 Å². The molecule has 0 aliphatic heterocycles. The number of aryl methyl sites for hydroxylation is 1. The fourth-order valence-corrected chi connectivity index (χ4v) is 11.9. The maximum Gasteiger partial charge on any atom is 0.135 e. The van der Waals surface area contributed by atoms with Crippen molar-refractivity contribution in [3.8, 4) is 112 Å². The molecule has 0 saturated carbocycles. The highest BCUT2D eigenvalue weighted by Gasteiger charge is 2.22. The highest BCUT2D eigenvalue weighted by Crippen LogP contribution is 2.46. The Labute approximate surface area is 485 Å². The molecule has 0 fully saturated rings. The number of halogens is 6. The van der Waals surface area contributed by atoms with E-state index in [1.165, 1.54) is 53.9 Å². The number of nitrogens with zero attached hydrogens (tertiary/aromatic N) is 3. The Morgan fingerprint density at radius 1 is 0.224 bits per heavy atom. The second-order valence-corrected chi connectivity index (χ2v) is 21.1. The van der Waals surface area contributed by atoms with Crippen LogP contribution < -0.4 is 0 Å². The van der Waals surface area contributed by atoms with Crippen LogP contribution in [0.5, 0.6) is 0 Å². The molecule has 3 heterocycles. The fraction of sp³-hybridized carbons (Fsp3) is 0.0132. The van der Waals surface area contributed by atoms with E-state index in [-0.39, 0.29) is 16.8 Å². The molecule has 0 aliphatic carbocycles. The van der Waals surface area contributed by atoms with Gasteiger partial charge < -0.3 is 0 Å². The summed E-state index contributed by atoms with van der Waals surface area (Å²) in [5.74, 6) is -3.96. The normalized spacial score (nSPS) is 11.5. The third-order valence-corrected chi connectivity index (χ3v) is 16.0. The minimum Gasteiger partial charge on any atom is -0.256 e. The number of hydrogen-bond acceptors (Lipinski definition) is 3. The fourth-order valence-electron chi connectivity index (χ4n) is 11.9. The first kappa shape index (κ1) is 52.3. The van der Waals surface area contributed by atoms with Crippen molar-refractivity contribution in [3.05, 3.63) is 296 Å². The van der Waals surface area contributed by atoms with E-state index in [4.69, 9.17) is 4.98 Å². The predicted molar refractivity (Wildman–Crippen MR) is 331 cm³/mol. The van der Waals surface area contributed by atoms with Gasteiger partial charge in [0.25, 0.3) is 0 Å². The molecule has 0 bridgehead atoms. The van der Waals surface area contributed by atoms with Gasteiger partial charge in [-0.1, -0.05) is 133 Å². The Kier molecular flexibility index (Phi) is 13.2. The lowest BCUT2D eigenvalue weighted by Gasteiger charge is -2.20. The van der Waals surface area contributed by atoms with Crippen LogP contribution in [0.1, 0.15) is 5.56 Å². The first-order valence-corrected chi connectivity index (χ1v) is 27.6. The molecule has 3 aromatic heterocycles. The van der Waals surface area contributed by atoms with Gasteiger partial charge in [-0.25, -0.2) is 26.3 Å². The van der Waals surface area contributed by atoms with Crippen molar-refractivity contribution in [2.45, 2.75) is 6.92 Å². The van der Waals surface area contributed by atoms with Crippen LogP contribution in [0.3, 0.4) is 0 Å². The molecule has 0 amide bonds. The number of aromatic nitrogens is 3. The predicted octanol–water partition coefficient (Wildman–Crippen LogP) is 21.1. The first-order chi connectivity index (χ1) is 41.5. The minimum absolute atomic E-state index is 0.118. The van der Waals surface area contributed by atoms with Crippen LogP contribution in [-0.2, 0) is 0 Å². The molecule has 0 radical (unpaired) electrons. The average Bonchev–Trinajstić information content (AvgIpc) is 3.64. The van der Waals surface area contributed by atoms with Gasteiger partial charge in [0.1, 0.15) is 34.9 Å². The van der Waals surface area contributed by atoms with E-state index < -0.39 is 34.9 Å². The monoisotopic (exact) mass is 1110 g/mol. The maximum atomic E-state index is 16.1. The van der Waals surface area contributed by atoms with Gasteiger partial charge in [0.15, 0.2) is 0 Å². The number of fused-ring (bicyclic) bond motifs is 6. The molecule has 0 N–H and O–H groups in total. The van der Waals surface area contributed by atoms with E-state index in [9.17, 15) is 8.78 Å². The summed E-state index contributed by atoms with van der Waals surface area (Å²) in [6.07, 6.45) is 5.10. The van der Waals surface area contributed by atoms with E-state index in [2.05, 4.69) is 88.8 Å². The Hall–Kier alpha value is -10.8.